The Balaban J connectivity index is 1.21. The van der Waals surface area contributed by atoms with E-state index in [9.17, 15) is 32.7 Å². The molecule has 4 aromatic rings. The summed E-state index contributed by atoms with van der Waals surface area (Å²) in [5.74, 6) is -2.77. The lowest BCUT2D eigenvalue weighted by molar-refractivity contribution is -0.137. The van der Waals surface area contributed by atoms with Gasteiger partial charge < -0.3 is 20.1 Å². The van der Waals surface area contributed by atoms with E-state index in [0.29, 0.717) is 60.8 Å². The van der Waals surface area contributed by atoms with Crippen molar-refractivity contribution in [2.75, 3.05) is 0 Å². The lowest BCUT2D eigenvalue weighted by atomic mass is 9.99. The molecule has 16 heteroatoms. The van der Waals surface area contributed by atoms with Crippen LogP contribution in [0.15, 0.2) is 71.0 Å². The summed E-state index contributed by atoms with van der Waals surface area (Å²) in [6.07, 6.45) is 4.06. The first kappa shape index (κ1) is 35.4. The van der Waals surface area contributed by atoms with Gasteiger partial charge in [-0.15, -0.1) is 0 Å². The second-order valence-corrected chi connectivity index (χ2v) is 16.3. The van der Waals surface area contributed by atoms with Crippen molar-refractivity contribution in [2.45, 2.75) is 87.8 Å². The molecule has 0 radical (unpaired) electrons. The number of hydrogen-bond acceptors (Lipinski definition) is 10. The van der Waals surface area contributed by atoms with Crippen LogP contribution in [0.5, 0.6) is 5.88 Å². The van der Waals surface area contributed by atoms with Crippen LogP contribution < -0.4 is 14.8 Å². The number of nitrogens with one attached hydrogen (secondary N) is 3. The van der Waals surface area contributed by atoms with Crippen molar-refractivity contribution in [3.8, 4) is 17.1 Å². The van der Waals surface area contributed by atoms with Gasteiger partial charge in [-0.2, -0.15) is 0 Å². The first-order chi connectivity index (χ1) is 26.0. The zero-order chi connectivity index (χ0) is 37.6. The van der Waals surface area contributed by atoms with Gasteiger partial charge in [-0.05, 0) is 67.3 Å². The van der Waals surface area contributed by atoms with E-state index in [4.69, 9.17) is 19.7 Å². The molecular weight excluding hydrogens is 715 g/mol. The second kappa shape index (κ2) is 14.3. The van der Waals surface area contributed by atoms with Crippen molar-refractivity contribution in [3.05, 3.63) is 66.0 Å². The number of sulfonamides is 1. The van der Waals surface area contributed by atoms with Crippen LogP contribution in [0, 0.1) is 5.92 Å². The molecule has 2 fully saturated rings. The van der Waals surface area contributed by atoms with Crippen LogP contribution in [0.3, 0.4) is 0 Å². The number of Topliss-reactive ketones (excluding diaryl/α,β-unsaturated/α-hetero) is 1. The van der Waals surface area contributed by atoms with Gasteiger partial charge in [-0.3, -0.25) is 29.0 Å². The smallest absolute Gasteiger partial charge is 0.405 e. The van der Waals surface area contributed by atoms with Gasteiger partial charge in [0.25, 0.3) is 0 Å². The van der Waals surface area contributed by atoms with Gasteiger partial charge in [0.05, 0.1) is 34.3 Å². The predicted molar refractivity (Wildman–Crippen MR) is 198 cm³/mol. The molecule has 2 aromatic heterocycles. The minimum absolute atomic E-state index is 0.0649. The lowest BCUT2D eigenvalue weighted by Gasteiger charge is -2.33. The number of rotatable bonds is 7. The number of hydrogen-bond donors (Lipinski definition) is 4. The summed E-state index contributed by atoms with van der Waals surface area (Å²) < 4.78 is 34.6. The summed E-state index contributed by atoms with van der Waals surface area (Å²) in [5.41, 5.74) is 4.88. The van der Waals surface area contributed by atoms with E-state index in [1.54, 1.807) is 12.1 Å². The highest BCUT2D eigenvalue weighted by Gasteiger charge is 2.49. The fraction of sp³-hybridized carbons (Fsp3) is 0.395. The van der Waals surface area contributed by atoms with Gasteiger partial charge in [0.1, 0.15) is 5.69 Å². The summed E-state index contributed by atoms with van der Waals surface area (Å²) in [6.45, 7) is 0. The van der Waals surface area contributed by atoms with E-state index >= 15 is 0 Å². The molecule has 15 nitrogen and oxygen atoms in total. The summed E-state index contributed by atoms with van der Waals surface area (Å²) in [6, 6.07) is 12.9. The number of carboxylic acid groups (broad SMARTS) is 1. The molecule has 280 valence electrons. The first-order valence-corrected chi connectivity index (χ1v) is 19.7. The van der Waals surface area contributed by atoms with Crippen molar-refractivity contribution in [2.24, 2.45) is 10.9 Å². The number of aromatic amines is 1. The van der Waals surface area contributed by atoms with Crippen LogP contribution in [0.1, 0.15) is 64.2 Å². The van der Waals surface area contributed by atoms with Gasteiger partial charge in [0.2, 0.25) is 27.7 Å². The Morgan fingerprint density at radius 2 is 1.76 bits per heavy atom. The summed E-state index contributed by atoms with van der Waals surface area (Å²) >= 11 is 0. The van der Waals surface area contributed by atoms with Crippen molar-refractivity contribution < 1.29 is 37.4 Å². The Bertz CT molecular complexity index is 2350. The second-order valence-electron chi connectivity index (χ2n) is 14.3. The van der Waals surface area contributed by atoms with E-state index in [-0.39, 0.29) is 30.9 Å². The number of carbonyl (C=O) groups is 4. The zero-order valence-corrected chi connectivity index (χ0v) is 30.0. The number of para-hydroxylation sites is 2. The van der Waals surface area contributed by atoms with Crippen LogP contribution in [0.4, 0.5) is 4.79 Å². The number of allylic oxidation sites excluding steroid dienone is 2. The number of fused-ring (bicyclic) bond motifs is 3. The Kier molecular flexibility index (Phi) is 9.37. The molecule has 4 heterocycles. The number of nitrogens with zero attached hydrogens (tertiary/aromatic N) is 4. The highest BCUT2D eigenvalue weighted by atomic mass is 32.2. The molecule has 0 unspecified atom stereocenters. The van der Waals surface area contributed by atoms with Gasteiger partial charge in [-0.25, -0.2) is 23.2 Å². The number of benzene rings is 2. The highest BCUT2D eigenvalue weighted by Crippen LogP contribution is 2.39. The molecule has 3 amide bonds. The summed E-state index contributed by atoms with van der Waals surface area (Å²) in [7, 11) is -3.92. The van der Waals surface area contributed by atoms with E-state index in [2.05, 4.69) is 15.0 Å². The van der Waals surface area contributed by atoms with E-state index in [0.717, 1.165) is 28.6 Å². The monoisotopic (exact) mass is 753 g/mol. The minimum Gasteiger partial charge on any atom is -0.465 e. The molecule has 1 saturated carbocycles. The SMILES string of the molecule is O=C(O)N[C@H]1CCCCC2=C(C2)/N=C\[C@H]2[C@@H](C(=O)NS(=O)(=O)C3CC3)CC(=O)N2[C@H](Oc2nc3ccccc3nc2-c2ccc3cc[nH]c3c2)CCC1=O. The number of amides is 3. The minimum atomic E-state index is -3.92. The number of ether oxygens (including phenoxy) is 1. The molecular formula is C38H39N7O8S. The highest BCUT2D eigenvalue weighted by molar-refractivity contribution is 7.90. The maximum absolute atomic E-state index is 14.1. The number of aliphatic imine (C=N–C) groups is 1. The Morgan fingerprint density at radius 3 is 2.54 bits per heavy atom. The zero-order valence-electron chi connectivity index (χ0n) is 29.2. The van der Waals surface area contributed by atoms with Crippen LogP contribution in [-0.2, 0) is 24.4 Å². The number of H-pyrrole nitrogens is 1. The van der Waals surface area contributed by atoms with Crippen LogP contribution in [0.2, 0.25) is 0 Å². The molecule has 4 aliphatic rings. The van der Waals surface area contributed by atoms with E-state index in [1.165, 1.54) is 11.1 Å². The number of aromatic nitrogens is 3. The van der Waals surface area contributed by atoms with Crippen LogP contribution >= 0.6 is 0 Å². The van der Waals surface area contributed by atoms with Crippen molar-refractivity contribution in [1.29, 1.82) is 0 Å². The van der Waals surface area contributed by atoms with Crippen LogP contribution in [0.25, 0.3) is 33.2 Å². The average Bonchev–Trinajstić information content (AvgIpc) is 4.06. The van der Waals surface area contributed by atoms with Gasteiger partial charge in [0.15, 0.2) is 12.0 Å². The molecule has 2 aliphatic heterocycles. The number of ketones is 1. The Labute approximate surface area is 310 Å². The molecule has 0 bridgehead atoms. The average molecular weight is 754 g/mol. The number of carbonyl (C=O) groups excluding carboxylic acids is 3. The third kappa shape index (κ3) is 7.42. The van der Waals surface area contributed by atoms with Gasteiger partial charge >= 0.3 is 6.09 Å². The quantitative estimate of drug-likeness (QED) is 0.206. The molecule has 8 rings (SSSR count). The molecule has 4 atom stereocenters. The largest absolute Gasteiger partial charge is 0.465 e. The van der Waals surface area contributed by atoms with E-state index < -0.39 is 57.4 Å². The maximum atomic E-state index is 14.1. The molecule has 4 N–H and O–H groups in total. The molecule has 0 spiro atoms. The maximum Gasteiger partial charge on any atom is 0.405 e. The van der Waals surface area contributed by atoms with Crippen molar-refractivity contribution in [1.82, 2.24) is 29.9 Å². The normalized spacial score (nSPS) is 24.3. The third-order valence-electron chi connectivity index (χ3n) is 10.5. The summed E-state index contributed by atoms with van der Waals surface area (Å²) in [4.78, 5) is 72.3. The standard InChI is InChI=1S/C38H39N7O8S/c46-32-13-14-34(53-37-35(41-26-6-3-4-7-27(26)42-37)23-10-9-21-15-16-39-29(21)18-23)45-31(25(19-33(45)47)36(48)44-54(51,52)24-11-12-24)20-40-30-17-22(30)5-1-2-8-28(32)43-38(49)50/h3-4,6-7,9-10,15-16,18,20,24-25,28,31,34,39,43H,1-2,5,8,11-14,17,19H2,(H,44,48)(H,49,50)/b40-20-/t25-,28-,31-,34+/m0/s1. The summed E-state index contributed by atoms with van der Waals surface area (Å²) in [5, 5.41) is 12.2. The Morgan fingerprint density at radius 1 is 0.963 bits per heavy atom. The van der Waals surface area contributed by atoms with E-state index in [1.807, 2.05) is 42.6 Å². The topological polar surface area (TPSA) is 213 Å². The molecule has 2 aromatic carbocycles. The molecule has 2 aliphatic carbocycles. The fourth-order valence-electron chi connectivity index (χ4n) is 7.34. The fourth-order valence-corrected chi connectivity index (χ4v) is 8.70. The molecule has 1 saturated heterocycles. The third-order valence-corrected chi connectivity index (χ3v) is 12.3. The van der Waals surface area contributed by atoms with Crippen molar-refractivity contribution in [3.63, 3.8) is 0 Å². The molecule has 54 heavy (non-hydrogen) atoms. The van der Waals surface area contributed by atoms with Crippen LogP contribution in [-0.4, -0.2) is 86.8 Å². The predicted octanol–water partition coefficient (Wildman–Crippen LogP) is 4.60. The van der Waals surface area contributed by atoms with Crippen molar-refractivity contribution >= 4 is 61.9 Å². The lowest BCUT2D eigenvalue weighted by Crippen LogP contribution is -2.50. The first-order valence-electron chi connectivity index (χ1n) is 18.2. The van der Waals surface area contributed by atoms with Gasteiger partial charge in [0, 0.05) is 54.9 Å². The van der Waals surface area contributed by atoms with Gasteiger partial charge in [-0.1, -0.05) is 30.7 Å². The Hall–Kier alpha value is -5.64.